The molecule has 160 valence electrons. The number of esters is 1. The Morgan fingerprint density at radius 3 is 2.52 bits per heavy atom. The Labute approximate surface area is 181 Å². The van der Waals surface area contributed by atoms with E-state index in [1.807, 2.05) is 30.4 Å². The minimum absolute atomic E-state index is 0.00673. The highest BCUT2D eigenvalue weighted by Crippen LogP contribution is 2.73. The van der Waals surface area contributed by atoms with Gasteiger partial charge in [-0.2, -0.15) is 0 Å². The molecule has 4 rings (SSSR count). The quantitative estimate of drug-likeness (QED) is 0.439. The van der Waals surface area contributed by atoms with E-state index in [1.165, 1.54) is 13.0 Å². The van der Waals surface area contributed by atoms with E-state index in [0.717, 1.165) is 24.8 Å². The van der Waals surface area contributed by atoms with Gasteiger partial charge in [-0.05, 0) is 75.0 Å². The van der Waals surface area contributed by atoms with Crippen LogP contribution < -0.4 is 0 Å². The molecule has 0 amide bonds. The summed E-state index contributed by atoms with van der Waals surface area (Å²) >= 11 is 3.75. The molecule has 6 atom stereocenters. The van der Waals surface area contributed by atoms with Crippen LogP contribution in [0.25, 0.3) is 0 Å². The van der Waals surface area contributed by atoms with Gasteiger partial charge in [0.05, 0.1) is 4.08 Å². The topological polar surface area (TPSA) is 43.4 Å². The second-order valence-electron chi connectivity index (χ2n) is 9.55. The lowest BCUT2D eigenvalue weighted by Gasteiger charge is -2.63. The van der Waals surface area contributed by atoms with Crippen molar-refractivity contribution in [2.45, 2.75) is 68.7 Å². The largest absolute Gasteiger partial charge is 0.459 e. The number of halogens is 1. The summed E-state index contributed by atoms with van der Waals surface area (Å²) in [5.74, 6) is -0.454. The number of ketones is 1. The molecule has 0 saturated heterocycles. The molecule has 29 heavy (non-hydrogen) atoms. The normalized spacial score (nSPS) is 45.1. The number of allylic oxidation sites excluding steroid dienone is 4. The molecule has 0 N–H and O–H groups in total. The summed E-state index contributed by atoms with van der Waals surface area (Å²) in [5.41, 5.74) is -1.87. The van der Waals surface area contributed by atoms with Crippen molar-refractivity contribution in [3.05, 3.63) is 23.8 Å². The van der Waals surface area contributed by atoms with Crippen LogP contribution >= 0.6 is 23.5 Å². The highest BCUT2D eigenvalue weighted by atomic mass is 32.2. The number of carbonyl (C=O) groups is 2. The Hall–Kier alpha value is -0.750. The van der Waals surface area contributed by atoms with Gasteiger partial charge in [0.2, 0.25) is 0 Å². The van der Waals surface area contributed by atoms with Gasteiger partial charge in [-0.25, -0.2) is 4.39 Å². The lowest BCUT2D eigenvalue weighted by Crippen LogP contribution is -2.68. The fourth-order valence-electron chi connectivity index (χ4n) is 7.20. The summed E-state index contributed by atoms with van der Waals surface area (Å²) in [6.45, 7) is 5.57. The van der Waals surface area contributed by atoms with Crippen molar-refractivity contribution in [1.29, 1.82) is 0 Å². The summed E-state index contributed by atoms with van der Waals surface area (Å²) in [4.78, 5) is 24.1. The van der Waals surface area contributed by atoms with Crippen molar-refractivity contribution in [3.63, 3.8) is 0 Å². The maximum absolute atomic E-state index is 17.5. The van der Waals surface area contributed by atoms with Crippen LogP contribution in [0.1, 0.15) is 52.9 Å². The SMILES string of the molecule is CSC1(SC)CC[C@H]2[C@@H]3CCC4=CC(=O)C=C[C@]4(C)C3(F)[C@@H](OC(C)=O)C[C@@]21C. The zero-order chi connectivity index (χ0) is 21.2. The average molecular weight is 439 g/mol. The molecule has 0 aliphatic heterocycles. The average Bonchev–Trinajstić information content (AvgIpc) is 2.95. The summed E-state index contributed by atoms with van der Waals surface area (Å²) in [7, 11) is 0. The molecule has 3 fully saturated rings. The molecule has 4 aliphatic rings. The summed E-state index contributed by atoms with van der Waals surface area (Å²) in [6, 6.07) is 0. The van der Waals surface area contributed by atoms with Crippen molar-refractivity contribution >= 4 is 35.3 Å². The van der Waals surface area contributed by atoms with Crippen molar-refractivity contribution in [3.8, 4) is 0 Å². The van der Waals surface area contributed by atoms with E-state index in [9.17, 15) is 9.59 Å². The summed E-state index contributed by atoms with van der Waals surface area (Å²) < 4.78 is 23.3. The Morgan fingerprint density at radius 2 is 1.90 bits per heavy atom. The molecule has 0 aromatic carbocycles. The summed E-state index contributed by atoms with van der Waals surface area (Å²) in [6.07, 6.45) is 12.4. The van der Waals surface area contributed by atoms with Crippen LogP contribution in [0, 0.1) is 22.7 Å². The first-order chi connectivity index (χ1) is 13.6. The fraction of sp³-hybridized carbons (Fsp3) is 0.739. The number of ether oxygens (including phenoxy) is 1. The lowest BCUT2D eigenvalue weighted by molar-refractivity contribution is -0.209. The second kappa shape index (κ2) is 6.88. The number of thioether (sulfide) groups is 2. The summed E-state index contributed by atoms with van der Waals surface area (Å²) in [5, 5.41) is 0. The van der Waals surface area contributed by atoms with Crippen LogP contribution in [-0.2, 0) is 14.3 Å². The van der Waals surface area contributed by atoms with Crippen molar-refractivity contribution in [2.24, 2.45) is 22.7 Å². The number of fused-ring (bicyclic) bond motifs is 5. The van der Waals surface area contributed by atoms with Gasteiger partial charge in [0.25, 0.3) is 0 Å². The minimum atomic E-state index is -1.70. The molecule has 0 heterocycles. The van der Waals surface area contributed by atoms with E-state index >= 15 is 4.39 Å². The maximum atomic E-state index is 17.5. The highest BCUT2D eigenvalue weighted by Gasteiger charge is 2.74. The Kier molecular flexibility index (Phi) is 5.09. The van der Waals surface area contributed by atoms with Gasteiger partial charge in [0, 0.05) is 18.3 Å². The number of carbonyl (C=O) groups excluding carboxylic acids is 2. The zero-order valence-electron chi connectivity index (χ0n) is 17.9. The molecular formula is C23H31FO3S2. The lowest BCUT2D eigenvalue weighted by atomic mass is 9.46. The first kappa shape index (κ1) is 21.5. The van der Waals surface area contributed by atoms with E-state index in [-0.39, 0.29) is 27.1 Å². The van der Waals surface area contributed by atoms with Crippen LogP contribution in [0.4, 0.5) is 4.39 Å². The van der Waals surface area contributed by atoms with E-state index < -0.39 is 23.2 Å². The first-order valence-corrected chi connectivity index (χ1v) is 12.9. The smallest absolute Gasteiger partial charge is 0.303 e. The van der Waals surface area contributed by atoms with Gasteiger partial charge in [-0.15, -0.1) is 23.5 Å². The molecule has 0 aromatic heterocycles. The van der Waals surface area contributed by atoms with Crippen LogP contribution in [0.3, 0.4) is 0 Å². The standard InChI is InChI=1S/C23H31FO3S2/c1-14(25)27-19-13-21(3)17(9-11-22(21,28-4)29-5)18-7-6-15-12-16(26)8-10-20(15,2)23(18,19)24/h8,10,12,17-19H,6-7,9,11,13H2,1-5H3/t17-,18-,19-,20-,21-,23?/m0/s1. The van der Waals surface area contributed by atoms with E-state index in [4.69, 9.17) is 4.74 Å². The zero-order valence-corrected chi connectivity index (χ0v) is 19.6. The number of hydrogen-bond donors (Lipinski definition) is 0. The molecule has 3 saturated carbocycles. The van der Waals surface area contributed by atoms with Gasteiger partial charge in [0.1, 0.15) is 6.10 Å². The van der Waals surface area contributed by atoms with Gasteiger partial charge in [-0.1, -0.05) is 18.6 Å². The van der Waals surface area contributed by atoms with E-state index in [0.29, 0.717) is 12.8 Å². The Bertz CT molecular complexity index is 804. The molecule has 1 unspecified atom stereocenters. The van der Waals surface area contributed by atoms with Gasteiger partial charge in [-0.3, -0.25) is 9.59 Å². The minimum Gasteiger partial charge on any atom is -0.459 e. The first-order valence-electron chi connectivity index (χ1n) is 10.5. The number of alkyl halides is 1. The molecular weight excluding hydrogens is 407 g/mol. The molecule has 3 nitrogen and oxygen atoms in total. The van der Waals surface area contributed by atoms with Gasteiger partial charge >= 0.3 is 5.97 Å². The predicted molar refractivity (Wildman–Crippen MR) is 118 cm³/mol. The van der Waals surface area contributed by atoms with E-state index in [1.54, 1.807) is 12.2 Å². The number of hydrogen-bond acceptors (Lipinski definition) is 5. The van der Waals surface area contributed by atoms with E-state index in [2.05, 4.69) is 19.4 Å². The van der Waals surface area contributed by atoms with Gasteiger partial charge in [0.15, 0.2) is 11.5 Å². The van der Waals surface area contributed by atoms with Crippen LogP contribution in [-0.4, -0.2) is 40.1 Å². The third-order valence-electron chi connectivity index (χ3n) is 8.63. The number of rotatable bonds is 3. The Balaban J connectivity index is 1.87. The van der Waals surface area contributed by atoms with Crippen LogP contribution in [0.15, 0.2) is 23.8 Å². The van der Waals surface area contributed by atoms with Gasteiger partial charge < -0.3 is 4.74 Å². The van der Waals surface area contributed by atoms with Crippen molar-refractivity contribution < 1.29 is 18.7 Å². The fourth-order valence-corrected chi connectivity index (χ4v) is 9.92. The molecule has 0 spiro atoms. The predicted octanol–water partition coefficient (Wildman–Crippen LogP) is 5.35. The third-order valence-corrected chi connectivity index (χ3v) is 12.3. The Morgan fingerprint density at radius 1 is 1.21 bits per heavy atom. The van der Waals surface area contributed by atoms with Crippen molar-refractivity contribution in [2.75, 3.05) is 12.5 Å². The molecule has 0 aromatic rings. The van der Waals surface area contributed by atoms with Crippen LogP contribution in [0.5, 0.6) is 0 Å². The monoisotopic (exact) mass is 438 g/mol. The molecule has 0 bridgehead atoms. The molecule has 4 aliphatic carbocycles. The molecule has 6 heteroatoms. The highest BCUT2D eigenvalue weighted by molar-refractivity contribution is 8.17. The molecule has 0 radical (unpaired) electrons. The third kappa shape index (κ3) is 2.63. The van der Waals surface area contributed by atoms with Crippen molar-refractivity contribution in [1.82, 2.24) is 0 Å². The second-order valence-corrected chi connectivity index (χ2v) is 12.0. The maximum Gasteiger partial charge on any atom is 0.303 e. The van der Waals surface area contributed by atoms with Crippen LogP contribution in [0.2, 0.25) is 0 Å².